The minimum absolute atomic E-state index is 0.000732. The highest BCUT2D eigenvalue weighted by molar-refractivity contribution is 5.82. The fraction of sp³-hybridized carbons (Fsp3) is 0.250. The fourth-order valence-electron chi connectivity index (χ4n) is 3.34. The highest BCUT2D eigenvalue weighted by Crippen LogP contribution is 2.32. The quantitative estimate of drug-likeness (QED) is 0.467. The lowest BCUT2D eigenvalue weighted by Crippen LogP contribution is -2.38. The van der Waals surface area contributed by atoms with Crippen LogP contribution in [0.25, 0.3) is 10.9 Å². The Morgan fingerprint density at radius 2 is 1.86 bits per heavy atom. The summed E-state index contributed by atoms with van der Waals surface area (Å²) in [6.45, 7) is 1.44. The summed E-state index contributed by atoms with van der Waals surface area (Å²) in [7, 11) is 0. The molecular formula is C20H16F3N3O3. The molecule has 6 nitrogen and oxygen atoms in total. The van der Waals surface area contributed by atoms with E-state index in [1.807, 2.05) is 4.90 Å². The van der Waals surface area contributed by atoms with E-state index in [0.29, 0.717) is 42.0 Å². The van der Waals surface area contributed by atoms with Gasteiger partial charge in [-0.1, -0.05) is 12.1 Å². The molecule has 1 aliphatic rings. The fourth-order valence-corrected chi connectivity index (χ4v) is 3.34. The topological polar surface area (TPSA) is 68.5 Å². The molecule has 1 atom stereocenters. The van der Waals surface area contributed by atoms with E-state index in [-0.39, 0.29) is 11.8 Å². The van der Waals surface area contributed by atoms with Crippen LogP contribution < -0.4 is 4.90 Å². The molecule has 150 valence electrons. The maximum Gasteiger partial charge on any atom is 0.416 e. The molecule has 1 aliphatic heterocycles. The van der Waals surface area contributed by atoms with Crippen molar-refractivity contribution in [2.75, 3.05) is 24.6 Å². The first-order chi connectivity index (χ1) is 13.8. The first-order valence-electron chi connectivity index (χ1n) is 8.90. The lowest BCUT2D eigenvalue weighted by Gasteiger charge is -2.34. The van der Waals surface area contributed by atoms with Crippen LogP contribution in [0.3, 0.4) is 0 Å². The summed E-state index contributed by atoms with van der Waals surface area (Å²) in [5.74, 6) is 0.687. The van der Waals surface area contributed by atoms with E-state index in [4.69, 9.17) is 4.74 Å². The molecule has 0 saturated carbocycles. The number of aromatic nitrogens is 1. The summed E-state index contributed by atoms with van der Waals surface area (Å²) >= 11 is 0. The Bertz CT molecular complexity index is 1050. The number of nitro benzene ring substituents is 1. The van der Waals surface area contributed by atoms with Crippen molar-refractivity contribution < 1.29 is 22.8 Å². The van der Waals surface area contributed by atoms with Crippen LogP contribution in [0.4, 0.5) is 24.7 Å². The Morgan fingerprint density at radius 3 is 2.55 bits per heavy atom. The van der Waals surface area contributed by atoms with Crippen molar-refractivity contribution in [1.29, 1.82) is 0 Å². The maximum atomic E-state index is 12.8. The van der Waals surface area contributed by atoms with E-state index >= 15 is 0 Å². The van der Waals surface area contributed by atoms with Gasteiger partial charge in [0.2, 0.25) is 0 Å². The molecule has 3 aromatic rings. The number of non-ortho nitro benzene ring substituents is 1. The molecular weight excluding hydrogens is 387 g/mol. The lowest BCUT2D eigenvalue weighted by atomic mass is 10.0. The number of ether oxygens (including phenoxy) is 1. The number of anilines is 1. The molecule has 0 radical (unpaired) electrons. The predicted molar refractivity (Wildman–Crippen MR) is 101 cm³/mol. The van der Waals surface area contributed by atoms with E-state index in [1.165, 1.54) is 24.3 Å². The third kappa shape index (κ3) is 4.00. The highest BCUT2D eigenvalue weighted by Gasteiger charge is 2.31. The van der Waals surface area contributed by atoms with E-state index in [1.54, 1.807) is 18.2 Å². The minimum atomic E-state index is -4.37. The second-order valence-corrected chi connectivity index (χ2v) is 6.73. The van der Waals surface area contributed by atoms with Gasteiger partial charge in [0.15, 0.2) is 0 Å². The van der Waals surface area contributed by atoms with E-state index in [2.05, 4.69) is 4.98 Å². The number of nitro groups is 1. The number of halogens is 3. The van der Waals surface area contributed by atoms with Gasteiger partial charge in [0.1, 0.15) is 11.9 Å². The molecule has 1 saturated heterocycles. The standard InChI is InChI=1S/C20H16F3N3O3/c21-20(22,23)15-4-1-13(2-5-15)18-12-25(9-10-29-18)19-8-3-14-11-16(26(27)28)6-7-17(14)24-19/h1-8,11,18H,9-10,12H2. The second-order valence-electron chi connectivity index (χ2n) is 6.73. The van der Waals surface area contributed by atoms with Gasteiger partial charge in [-0.3, -0.25) is 10.1 Å². The van der Waals surface area contributed by atoms with Crippen LogP contribution in [0.5, 0.6) is 0 Å². The number of morpholine rings is 1. The first kappa shape index (κ1) is 19.1. The zero-order valence-corrected chi connectivity index (χ0v) is 15.1. The zero-order chi connectivity index (χ0) is 20.6. The van der Waals surface area contributed by atoms with Gasteiger partial charge in [-0.25, -0.2) is 4.98 Å². The number of pyridine rings is 1. The highest BCUT2D eigenvalue weighted by atomic mass is 19.4. The van der Waals surface area contributed by atoms with Gasteiger partial charge in [-0.05, 0) is 35.9 Å². The molecule has 1 fully saturated rings. The van der Waals surface area contributed by atoms with Crippen LogP contribution in [0.15, 0.2) is 54.6 Å². The van der Waals surface area contributed by atoms with Gasteiger partial charge in [-0.15, -0.1) is 0 Å². The normalized spacial score (nSPS) is 17.5. The zero-order valence-electron chi connectivity index (χ0n) is 15.1. The van der Waals surface area contributed by atoms with Crippen LogP contribution in [-0.4, -0.2) is 29.6 Å². The molecule has 0 aliphatic carbocycles. The van der Waals surface area contributed by atoms with Crippen molar-refractivity contribution >= 4 is 22.4 Å². The lowest BCUT2D eigenvalue weighted by molar-refractivity contribution is -0.384. The summed E-state index contributed by atoms with van der Waals surface area (Å²) < 4.78 is 44.0. The van der Waals surface area contributed by atoms with E-state index in [0.717, 1.165) is 12.1 Å². The third-order valence-electron chi connectivity index (χ3n) is 4.87. The number of alkyl halides is 3. The first-order valence-corrected chi connectivity index (χ1v) is 8.90. The van der Waals surface area contributed by atoms with Gasteiger partial charge in [0, 0.05) is 30.6 Å². The molecule has 0 N–H and O–H groups in total. The summed E-state index contributed by atoms with van der Waals surface area (Å²) in [5, 5.41) is 11.6. The predicted octanol–water partition coefficient (Wildman–Crippen LogP) is 4.74. The molecule has 29 heavy (non-hydrogen) atoms. The van der Waals surface area contributed by atoms with Gasteiger partial charge in [-0.2, -0.15) is 13.2 Å². The summed E-state index contributed by atoms with van der Waals surface area (Å²) in [4.78, 5) is 17.0. The monoisotopic (exact) mass is 403 g/mol. The van der Waals surface area contributed by atoms with Gasteiger partial charge in [0.05, 0.1) is 22.6 Å². The molecule has 1 aromatic heterocycles. The molecule has 2 heterocycles. The Balaban J connectivity index is 1.55. The summed E-state index contributed by atoms with van der Waals surface area (Å²) in [5.41, 5.74) is 0.602. The summed E-state index contributed by atoms with van der Waals surface area (Å²) in [6, 6.07) is 13.0. The Morgan fingerprint density at radius 1 is 1.10 bits per heavy atom. The van der Waals surface area contributed by atoms with Crippen LogP contribution in [0.2, 0.25) is 0 Å². The molecule has 0 bridgehead atoms. The van der Waals surface area contributed by atoms with Crippen molar-refractivity contribution in [3.63, 3.8) is 0 Å². The maximum absolute atomic E-state index is 12.8. The molecule has 9 heteroatoms. The van der Waals surface area contributed by atoms with Crippen LogP contribution in [-0.2, 0) is 10.9 Å². The Labute approximate surface area is 163 Å². The minimum Gasteiger partial charge on any atom is -0.370 e. The number of hydrogen-bond acceptors (Lipinski definition) is 5. The van der Waals surface area contributed by atoms with Crippen molar-refractivity contribution in [3.05, 3.63) is 75.8 Å². The van der Waals surface area contributed by atoms with Crippen molar-refractivity contribution in [1.82, 2.24) is 4.98 Å². The third-order valence-corrected chi connectivity index (χ3v) is 4.87. The molecule has 4 rings (SSSR count). The SMILES string of the molecule is O=[N+]([O-])c1ccc2nc(N3CCOC(c4ccc(C(F)(F)F)cc4)C3)ccc2c1. The number of rotatable bonds is 3. The number of benzene rings is 2. The second kappa shape index (κ2) is 7.32. The molecule has 0 spiro atoms. The van der Waals surface area contributed by atoms with Crippen molar-refractivity contribution in [2.45, 2.75) is 12.3 Å². The van der Waals surface area contributed by atoms with Crippen molar-refractivity contribution in [3.8, 4) is 0 Å². The van der Waals surface area contributed by atoms with Crippen molar-refractivity contribution in [2.24, 2.45) is 0 Å². The van der Waals surface area contributed by atoms with Crippen LogP contribution in [0.1, 0.15) is 17.2 Å². The van der Waals surface area contributed by atoms with Crippen LogP contribution >= 0.6 is 0 Å². The van der Waals surface area contributed by atoms with Crippen LogP contribution in [0, 0.1) is 10.1 Å². The molecule has 1 unspecified atom stereocenters. The van der Waals surface area contributed by atoms with Gasteiger partial charge in [0.25, 0.3) is 5.69 Å². The number of hydrogen-bond donors (Lipinski definition) is 0. The Hall–Kier alpha value is -3.20. The molecule has 0 amide bonds. The smallest absolute Gasteiger partial charge is 0.370 e. The van der Waals surface area contributed by atoms with Gasteiger partial charge < -0.3 is 9.64 Å². The number of fused-ring (bicyclic) bond motifs is 1. The average molecular weight is 403 g/mol. The van der Waals surface area contributed by atoms with E-state index < -0.39 is 16.7 Å². The van der Waals surface area contributed by atoms with Gasteiger partial charge >= 0.3 is 6.18 Å². The summed E-state index contributed by atoms with van der Waals surface area (Å²) in [6.07, 6.45) is -4.75. The largest absolute Gasteiger partial charge is 0.416 e. The van der Waals surface area contributed by atoms with E-state index in [9.17, 15) is 23.3 Å². The average Bonchev–Trinajstić information content (AvgIpc) is 2.72. The Kier molecular flexibility index (Phi) is 4.83. The number of nitrogens with zero attached hydrogens (tertiary/aromatic N) is 3. The molecule has 2 aromatic carbocycles.